The molecule has 0 spiro atoms. The molecule has 0 saturated heterocycles. The first-order valence-corrected chi connectivity index (χ1v) is 6.46. The SMILES string of the molecule is CS(=O)(=O)CCn1cncc1CCN. The molecule has 2 N–H and O–H groups in total. The van der Waals surface area contributed by atoms with Crippen LogP contribution in [-0.2, 0) is 22.8 Å². The molecule has 0 aliphatic heterocycles. The maximum atomic E-state index is 10.9. The molecule has 1 rings (SSSR count). The predicted octanol–water partition coefficient (Wildman–Crippen LogP) is -0.571. The van der Waals surface area contributed by atoms with E-state index in [9.17, 15) is 8.42 Å². The first-order chi connectivity index (χ1) is 6.53. The zero-order valence-corrected chi connectivity index (χ0v) is 9.00. The van der Waals surface area contributed by atoms with Crippen molar-refractivity contribution in [3.8, 4) is 0 Å². The van der Waals surface area contributed by atoms with Gasteiger partial charge in [0.05, 0.1) is 12.1 Å². The summed E-state index contributed by atoms with van der Waals surface area (Å²) < 4.78 is 23.7. The van der Waals surface area contributed by atoms with E-state index in [2.05, 4.69) is 4.98 Å². The second kappa shape index (κ2) is 4.56. The van der Waals surface area contributed by atoms with Gasteiger partial charge in [0.15, 0.2) is 0 Å². The lowest BCUT2D eigenvalue weighted by Gasteiger charge is -2.05. The molecular formula is C8H15N3O2S. The topological polar surface area (TPSA) is 78.0 Å². The highest BCUT2D eigenvalue weighted by Gasteiger charge is 2.05. The summed E-state index contributed by atoms with van der Waals surface area (Å²) in [6.07, 6.45) is 5.31. The Balaban J connectivity index is 2.62. The highest BCUT2D eigenvalue weighted by molar-refractivity contribution is 7.90. The lowest BCUT2D eigenvalue weighted by atomic mass is 10.3. The van der Waals surface area contributed by atoms with E-state index in [0.29, 0.717) is 13.1 Å². The Labute approximate surface area is 83.9 Å². The Morgan fingerprint density at radius 3 is 2.86 bits per heavy atom. The number of aryl methyl sites for hydroxylation is 1. The van der Waals surface area contributed by atoms with Gasteiger partial charge in [-0.05, 0) is 6.54 Å². The molecule has 0 bridgehead atoms. The van der Waals surface area contributed by atoms with Gasteiger partial charge in [-0.15, -0.1) is 0 Å². The summed E-state index contributed by atoms with van der Waals surface area (Å²) in [4.78, 5) is 3.95. The third-order valence-corrected chi connectivity index (χ3v) is 2.83. The first-order valence-electron chi connectivity index (χ1n) is 4.40. The van der Waals surface area contributed by atoms with Crippen LogP contribution in [0.15, 0.2) is 12.5 Å². The predicted molar refractivity (Wildman–Crippen MR) is 54.7 cm³/mol. The van der Waals surface area contributed by atoms with Crippen LogP contribution in [0.1, 0.15) is 5.69 Å². The van der Waals surface area contributed by atoms with E-state index < -0.39 is 9.84 Å². The van der Waals surface area contributed by atoms with Gasteiger partial charge in [0.1, 0.15) is 9.84 Å². The quantitative estimate of drug-likeness (QED) is 0.716. The summed E-state index contributed by atoms with van der Waals surface area (Å²) in [5.41, 5.74) is 6.39. The number of hydrogen-bond acceptors (Lipinski definition) is 4. The van der Waals surface area contributed by atoms with Crippen molar-refractivity contribution in [2.24, 2.45) is 5.73 Å². The van der Waals surface area contributed by atoms with Crippen LogP contribution < -0.4 is 5.73 Å². The molecule has 5 nitrogen and oxygen atoms in total. The first kappa shape index (κ1) is 11.2. The molecule has 14 heavy (non-hydrogen) atoms. The van der Waals surface area contributed by atoms with Crippen molar-refractivity contribution >= 4 is 9.84 Å². The third-order valence-electron chi connectivity index (χ3n) is 1.90. The van der Waals surface area contributed by atoms with Gasteiger partial charge in [-0.1, -0.05) is 0 Å². The number of imidazole rings is 1. The van der Waals surface area contributed by atoms with E-state index in [-0.39, 0.29) is 5.75 Å². The van der Waals surface area contributed by atoms with Crippen LogP contribution in [0, 0.1) is 0 Å². The molecule has 6 heteroatoms. The lowest BCUT2D eigenvalue weighted by Crippen LogP contribution is -2.14. The summed E-state index contributed by atoms with van der Waals surface area (Å²) in [6.45, 7) is 0.999. The van der Waals surface area contributed by atoms with Gasteiger partial charge in [0.25, 0.3) is 0 Å². The van der Waals surface area contributed by atoms with Gasteiger partial charge < -0.3 is 10.3 Å². The maximum absolute atomic E-state index is 10.9. The lowest BCUT2D eigenvalue weighted by molar-refractivity contribution is 0.592. The second-order valence-corrected chi connectivity index (χ2v) is 5.51. The molecule has 0 aliphatic rings. The number of hydrogen-bond donors (Lipinski definition) is 1. The van der Waals surface area contributed by atoms with Crippen LogP contribution in [0.3, 0.4) is 0 Å². The minimum absolute atomic E-state index is 0.140. The van der Waals surface area contributed by atoms with Gasteiger partial charge in [-0.2, -0.15) is 0 Å². The molecule has 0 radical (unpaired) electrons. The summed E-state index contributed by atoms with van der Waals surface area (Å²) in [5.74, 6) is 0.140. The number of rotatable bonds is 5. The van der Waals surface area contributed by atoms with Gasteiger partial charge >= 0.3 is 0 Å². The Hall–Kier alpha value is -0.880. The highest BCUT2D eigenvalue weighted by atomic mass is 32.2. The zero-order chi connectivity index (χ0) is 10.6. The largest absolute Gasteiger partial charge is 0.334 e. The molecular weight excluding hydrogens is 202 g/mol. The van der Waals surface area contributed by atoms with Crippen molar-refractivity contribution < 1.29 is 8.42 Å². The van der Waals surface area contributed by atoms with Crippen LogP contribution >= 0.6 is 0 Å². The van der Waals surface area contributed by atoms with Crippen molar-refractivity contribution in [3.05, 3.63) is 18.2 Å². The summed E-state index contributed by atoms with van der Waals surface area (Å²) in [5, 5.41) is 0. The fourth-order valence-corrected chi connectivity index (χ4v) is 1.70. The van der Waals surface area contributed by atoms with Crippen molar-refractivity contribution in [2.45, 2.75) is 13.0 Å². The van der Waals surface area contributed by atoms with E-state index in [1.165, 1.54) is 6.26 Å². The second-order valence-electron chi connectivity index (χ2n) is 3.25. The molecule has 1 aromatic heterocycles. The molecule has 0 fully saturated rings. The normalized spacial score (nSPS) is 11.9. The Bertz CT molecular complexity index is 383. The van der Waals surface area contributed by atoms with Crippen LogP contribution in [0.25, 0.3) is 0 Å². The molecule has 80 valence electrons. The van der Waals surface area contributed by atoms with Gasteiger partial charge in [0.2, 0.25) is 0 Å². The summed E-state index contributed by atoms with van der Waals surface area (Å²) in [6, 6.07) is 0. The van der Waals surface area contributed by atoms with E-state index in [4.69, 9.17) is 5.73 Å². The van der Waals surface area contributed by atoms with Crippen molar-refractivity contribution in [2.75, 3.05) is 18.6 Å². The van der Waals surface area contributed by atoms with Crippen molar-refractivity contribution in [1.29, 1.82) is 0 Å². The summed E-state index contributed by atoms with van der Waals surface area (Å²) >= 11 is 0. The number of sulfone groups is 1. The minimum atomic E-state index is -2.91. The van der Waals surface area contributed by atoms with Crippen molar-refractivity contribution in [3.63, 3.8) is 0 Å². The Morgan fingerprint density at radius 1 is 1.57 bits per heavy atom. The van der Waals surface area contributed by atoms with Crippen LogP contribution in [0.2, 0.25) is 0 Å². The molecule has 0 aliphatic carbocycles. The average Bonchev–Trinajstić information content (AvgIpc) is 2.48. The van der Waals surface area contributed by atoms with Crippen LogP contribution in [0.5, 0.6) is 0 Å². The van der Waals surface area contributed by atoms with Gasteiger partial charge in [-0.25, -0.2) is 13.4 Å². The smallest absolute Gasteiger partial charge is 0.149 e. The van der Waals surface area contributed by atoms with Crippen LogP contribution in [-0.4, -0.2) is 36.5 Å². The molecule has 0 atom stereocenters. The molecule has 0 saturated carbocycles. The zero-order valence-electron chi connectivity index (χ0n) is 8.18. The number of nitrogens with zero attached hydrogens (tertiary/aromatic N) is 2. The standard InChI is InChI=1S/C8H15N3O2S/c1-14(12,13)5-4-11-7-10-6-8(11)2-3-9/h6-7H,2-5,9H2,1H3. The van der Waals surface area contributed by atoms with Crippen LogP contribution in [0.4, 0.5) is 0 Å². The Morgan fingerprint density at radius 2 is 2.29 bits per heavy atom. The maximum Gasteiger partial charge on any atom is 0.149 e. The Kier molecular flexibility index (Phi) is 3.65. The average molecular weight is 217 g/mol. The van der Waals surface area contributed by atoms with Gasteiger partial charge in [0, 0.05) is 31.1 Å². The summed E-state index contributed by atoms with van der Waals surface area (Å²) in [7, 11) is -2.91. The monoisotopic (exact) mass is 217 g/mol. The number of nitrogens with two attached hydrogens (primary N) is 1. The number of aromatic nitrogens is 2. The van der Waals surface area contributed by atoms with E-state index in [0.717, 1.165) is 12.1 Å². The highest BCUT2D eigenvalue weighted by Crippen LogP contribution is 2.00. The third kappa shape index (κ3) is 3.47. The fraction of sp³-hybridized carbons (Fsp3) is 0.625. The molecule has 1 heterocycles. The van der Waals surface area contributed by atoms with E-state index >= 15 is 0 Å². The minimum Gasteiger partial charge on any atom is -0.334 e. The molecule has 1 aromatic rings. The van der Waals surface area contributed by atoms with E-state index in [1.54, 1.807) is 12.5 Å². The molecule has 0 amide bonds. The van der Waals surface area contributed by atoms with E-state index in [1.807, 2.05) is 4.57 Å². The van der Waals surface area contributed by atoms with Crippen molar-refractivity contribution in [1.82, 2.24) is 9.55 Å². The fourth-order valence-electron chi connectivity index (χ4n) is 1.17. The van der Waals surface area contributed by atoms with Gasteiger partial charge in [-0.3, -0.25) is 0 Å². The molecule has 0 aromatic carbocycles. The molecule has 0 unspecified atom stereocenters.